The number of carbonyl (C=O) groups excluding carboxylic acids is 3. The minimum absolute atomic E-state index is 0.0597. The van der Waals surface area contributed by atoms with E-state index in [1.165, 1.54) is 0 Å². The van der Waals surface area contributed by atoms with E-state index >= 15 is 0 Å². The lowest BCUT2D eigenvalue weighted by Gasteiger charge is -2.73. The summed E-state index contributed by atoms with van der Waals surface area (Å²) in [6.07, 6.45) is 3.50. The average molecular weight is 638 g/mol. The van der Waals surface area contributed by atoms with Gasteiger partial charge in [-0.15, -0.1) is 0 Å². The highest BCUT2D eigenvalue weighted by molar-refractivity contribution is 5.95. The second-order valence-electron chi connectivity index (χ2n) is 17.4. The number of hydrogen-bond donors (Lipinski definition) is 4. The molecule has 5 aliphatic rings. The third-order valence-electron chi connectivity index (χ3n) is 15.5. The van der Waals surface area contributed by atoms with Crippen LogP contribution in [0, 0.1) is 56.2 Å². The fraction of sp³-hybridized carbons (Fsp3) is 0.763. The second-order valence-corrected chi connectivity index (χ2v) is 17.4. The van der Waals surface area contributed by atoms with Gasteiger partial charge in [0.15, 0.2) is 0 Å². The number of ether oxygens (including phenoxy) is 1. The van der Waals surface area contributed by atoms with Crippen LogP contribution in [0.2, 0.25) is 0 Å². The summed E-state index contributed by atoms with van der Waals surface area (Å²) >= 11 is 0. The quantitative estimate of drug-likeness (QED) is 0.248. The number of aldehydes is 1. The first-order valence-electron chi connectivity index (χ1n) is 17.4. The lowest BCUT2D eigenvalue weighted by Crippen LogP contribution is -2.72. The summed E-state index contributed by atoms with van der Waals surface area (Å²) in [5.41, 5.74) is -2.31. The Labute approximate surface area is 274 Å². The highest BCUT2D eigenvalue weighted by atomic mass is 16.5. The lowest BCUT2D eigenvalue weighted by molar-refractivity contribution is -0.269. The van der Waals surface area contributed by atoms with Gasteiger partial charge in [-0.3, -0.25) is 4.79 Å². The summed E-state index contributed by atoms with van der Waals surface area (Å²) in [5.74, 6) is -0.732. The Morgan fingerprint density at radius 3 is 2.28 bits per heavy atom. The van der Waals surface area contributed by atoms with Crippen LogP contribution in [0.1, 0.15) is 103 Å². The zero-order valence-electron chi connectivity index (χ0n) is 28.8. The molecule has 4 N–H and O–H groups in total. The smallest absolute Gasteiger partial charge is 0.340 e. The second kappa shape index (κ2) is 10.9. The number of aliphatic hydroxyl groups is 3. The van der Waals surface area contributed by atoms with Crippen LogP contribution in [0.25, 0.3) is 0 Å². The van der Waals surface area contributed by atoms with E-state index in [2.05, 4.69) is 26.1 Å². The van der Waals surface area contributed by atoms with Gasteiger partial charge in [-0.1, -0.05) is 46.8 Å². The van der Waals surface area contributed by atoms with Crippen molar-refractivity contribution in [2.45, 2.75) is 111 Å². The van der Waals surface area contributed by atoms with E-state index in [0.29, 0.717) is 43.4 Å². The molecule has 13 atom stereocenters. The number of para-hydroxylation sites is 1. The van der Waals surface area contributed by atoms with E-state index in [4.69, 9.17) is 4.74 Å². The number of Topliss-reactive ketones (excluding diaryl/α,β-unsaturated/α-hetero) is 1. The molecular formula is C38H55NO7. The monoisotopic (exact) mass is 637 g/mol. The SMILES string of the molecule is CNc1ccccc1C(=O)OC1C[C@]2(C)C(O)C[C@]3(C)[C@H](C(=O)C[C@@H]4[C@@]5(C)CCC(O)[C@@](C)(CO)[C@@H]5CC[C@]43C)[C@@H]2C[C@@]1(C)C=O. The molecule has 0 saturated heterocycles. The number of fused-ring (bicyclic) bond motifs is 7. The summed E-state index contributed by atoms with van der Waals surface area (Å²) < 4.78 is 6.15. The maximum Gasteiger partial charge on any atom is 0.340 e. The lowest BCUT2D eigenvalue weighted by atomic mass is 9.31. The summed E-state index contributed by atoms with van der Waals surface area (Å²) in [6, 6.07) is 7.11. The van der Waals surface area contributed by atoms with Gasteiger partial charge in [-0.25, -0.2) is 4.79 Å². The molecule has 0 aromatic heterocycles. The molecule has 254 valence electrons. The van der Waals surface area contributed by atoms with Crippen LogP contribution in [0.5, 0.6) is 0 Å². The molecule has 0 radical (unpaired) electrons. The number of anilines is 1. The van der Waals surface area contributed by atoms with E-state index in [1.807, 2.05) is 26.8 Å². The topological polar surface area (TPSA) is 133 Å². The van der Waals surface area contributed by atoms with E-state index < -0.39 is 45.9 Å². The van der Waals surface area contributed by atoms with E-state index in [0.717, 1.165) is 25.5 Å². The molecule has 8 nitrogen and oxygen atoms in total. The summed E-state index contributed by atoms with van der Waals surface area (Å²) in [7, 11) is 1.74. The number of ketones is 1. The fourth-order valence-electron chi connectivity index (χ4n) is 12.3. The predicted octanol–water partition coefficient (Wildman–Crippen LogP) is 5.43. The Morgan fingerprint density at radius 2 is 1.63 bits per heavy atom. The van der Waals surface area contributed by atoms with Gasteiger partial charge in [0.05, 0.1) is 29.8 Å². The van der Waals surface area contributed by atoms with Crippen molar-refractivity contribution < 1.29 is 34.4 Å². The molecule has 0 heterocycles. The number of nitrogens with one attached hydrogen (secondary N) is 1. The number of esters is 1. The van der Waals surface area contributed by atoms with Crippen LogP contribution in [-0.4, -0.2) is 65.3 Å². The minimum Gasteiger partial charge on any atom is -0.458 e. The van der Waals surface area contributed by atoms with Crippen molar-refractivity contribution in [1.29, 1.82) is 0 Å². The zero-order valence-corrected chi connectivity index (χ0v) is 28.8. The molecule has 0 amide bonds. The van der Waals surface area contributed by atoms with Crippen molar-refractivity contribution in [1.82, 2.24) is 0 Å². The van der Waals surface area contributed by atoms with E-state index in [9.17, 15) is 29.7 Å². The van der Waals surface area contributed by atoms with Crippen LogP contribution in [0.4, 0.5) is 5.69 Å². The summed E-state index contributed by atoms with van der Waals surface area (Å²) in [4.78, 5) is 41.1. The normalized spacial score (nSPS) is 49.9. The van der Waals surface area contributed by atoms with Gasteiger partial charge in [0.1, 0.15) is 18.2 Å². The van der Waals surface area contributed by atoms with Crippen LogP contribution >= 0.6 is 0 Å². The number of carbonyl (C=O) groups is 3. The summed E-state index contributed by atoms with van der Waals surface area (Å²) in [5, 5.41) is 36.8. The molecule has 5 fully saturated rings. The zero-order chi connectivity index (χ0) is 33.7. The Hall–Kier alpha value is -2.29. The highest BCUT2D eigenvalue weighted by Crippen LogP contribution is 2.76. The largest absolute Gasteiger partial charge is 0.458 e. The minimum atomic E-state index is -1.02. The third kappa shape index (κ3) is 4.31. The van der Waals surface area contributed by atoms with Gasteiger partial charge in [-0.05, 0) is 98.0 Å². The van der Waals surface area contributed by atoms with Gasteiger partial charge in [0.25, 0.3) is 0 Å². The molecule has 3 unspecified atom stereocenters. The number of rotatable bonds is 5. The standard InChI is InChI=1S/C38H55NO7/c1-33(20-40)17-23-31-25(42)16-27-34(2)14-13-28(43)36(4,21-41)26(34)12-15-37(27,5)38(31,6)18-29(44)35(23,3)19-30(33)46-32(45)22-10-8-9-11-24(22)39-7/h8-11,20,23,26-31,39,41,43-44H,12-19,21H2,1-7H3/t23-,26+,27+,28?,29?,30?,31-,33-,34-,35-,36-,37+,38+/m0/s1. The number of benzene rings is 1. The Morgan fingerprint density at radius 1 is 0.935 bits per heavy atom. The summed E-state index contributed by atoms with van der Waals surface area (Å²) in [6.45, 7) is 12.6. The Balaban J connectivity index is 1.35. The van der Waals surface area contributed by atoms with Crippen LogP contribution in [-0.2, 0) is 14.3 Å². The molecule has 1 aromatic rings. The van der Waals surface area contributed by atoms with E-state index in [-0.39, 0.29) is 46.9 Å². The molecule has 6 rings (SSSR count). The molecule has 0 aliphatic heterocycles. The van der Waals surface area contributed by atoms with Crippen LogP contribution < -0.4 is 5.32 Å². The molecule has 8 heteroatoms. The van der Waals surface area contributed by atoms with Gasteiger partial charge >= 0.3 is 5.97 Å². The van der Waals surface area contributed by atoms with E-state index in [1.54, 1.807) is 25.2 Å². The first-order chi connectivity index (χ1) is 21.5. The van der Waals surface area contributed by atoms with Gasteiger partial charge < -0.3 is 30.2 Å². The average Bonchev–Trinajstić information content (AvgIpc) is 3.02. The number of hydrogen-bond acceptors (Lipinski definition) is 8. The predicted molar refractivity (Wildman–Crippen MR) is 175 cm³/mol. The molecular weight excluding hydrogens is 582 g/mol. The molecule has 5 saturated carbocycles. The van der Waals surface area contributed by atoms with Crippen molar-refractivity contribution in [3.05, 3.63) is 29.8 Å². The molecule has 0 bridgehead atoms. The van der Waals surface area contributed by atoms with Crippen molar-refractivity contribution in [3.8, 4) is 0 Å². The first-order valence-corrected chi connectivity index (χ1v) is 17.4. The first kappa shape index (κ1) is 33.6. The third-order valence-corrected chi connectivity index (χ3v) is 15.5. The molecule has 0 spiro atoms. The van der Waals surface area contributed by atoms with Gasteiger partial charge in [0.2, 0.25) is 0 Å². The molecule has 5 aliphatic carbocycles. The molecule has 46 heavy (non-hydrogen) atoms. The van der Waals surface area contributed by atoms with Gasteiger partial charge in [0, 0.05) is 35.9 Å². The van der Waals surface area contributed by atoms with Crippen molar-refractivity contribution in [2.75, 3.05) is 19.0 Å². The Bertz CT molecular complexity index is 1410. The van der Waals surface area contributed by atoms with Crippen LogP contribution in [0.3, 0.4) is 0 Å². The Kier molecular flexibility index (Phi) is 7.93. The highest BCUT2D eigenvalue weighted by Gasteiger charge is 2.74. The van der Waals surface area contributed by atoms with Crippen molar-refractivity contribution >= 4 is 23.7 Å². The fourth-order valence-corrected chi connectivity index (χ4v) is 12.3. The molecule has 1 aromatic carbocycles. The van der Waals surface area contributed by atoms with Crippen molar-refractivity contribution in [2.24, 2.45) is 56.2 Å². The maximum absolute atomic E-state index is 14.7. The number of aliphatic hydroxyl groups excluding tert-OH is 3. The maximum atomic E-state index is 14.7. The van der Waals surface area contributed by atoms with Gasteiger partial charge in [-0.2, -0.15) is 0 Å². The van der Waals surface area contributed by atoms with Crippen LogP contribution in [0.15, 0.2) is 24.3 Å². The van der Waals surface area contributed by atoms with Crippen molar-refractivity contribution in [3.63, 3.8) is 0 Å².